The molecule has 29 heavy (non-hydrogen) atoms. The van der Waals surface area contributed by atoms with Gasteiger partial charge in [0.1, 0.15) is 5.82 Å². The first-order chi connectivity index (χ1) is 13.9. The zero-order valence-electron chi connectivity index (χ0n) is 18.0. The van der Waals surface area contributed by atoms with E-state index in [2.05, 4.69) is 88.8 Å². The van der Waals surface area contributed by atoms with Gasteiger partial charge in [-0.15, -0.1) is 0 Å². The summed E-state index contributed by atoms with van der Waals surface area (Å²) >= 11 is 0. The lowest BCUT2D eigenvalue weighted by Crippen LogP contribution is -2.46. The molecule has 3 aromatic rings. The molecular formula is C23H32N6. The average Bonchev–Trinajstić information content (AvgIpc) is 3.29. The molecule has 1 aliphatic heterocycles. The molecule has 0 spiro atoms. The van der Waals surface area contributed by atoms with Gasteiger partial charge in [-0.25, -0.2) is 4.98 Å². The smallest absolute Gasteiger partial charge is 0.127 e. The van der Waals surface area contributed by atoms with Crippen molar-refractivity contribution in [1.82, 2.24) is 29.5 Å². The van der Waals surface area contributed by atoms with Crippen LogP contribution in [0, 0.1) is 0 Å². The van der Waals surface area contributed by atoms with Crippen LogP contribution in [0.1, 0.15) is 49.5 Å². The highest BCUT2D eigenvalue weighted by molar-refractivity contribution is 5.25. The van der Waals surface area contributed by atoms with Crippen LogP contribution >= 0.6 is 0 Å². The number of aryl methyl sites for hydroxylation is 1. The van der Waals surface area contributed by atoms with E-state index in [9.17, 15) is 0 Å². The molecule has 1 fully saturated rings. The molecular weight excluding hydrogens is 360 g/mol. The molecule has 1 unspecified atom stereocenters. The molecule has 0 radical (unpaired) electrons. The van der Waals surface area contributed by atoms with Crippen LogP contribution in [0.15, 0.2) is 48.9 Å². The molecule has 1 atom stereocenters. The molecule has 0 aliphatic carbocycles. The Morgan fingerprint density at radius 1 is 1.14 bits per heavy atom. The van der Waals surface area contributed by atoms with E-state index in [4.69, 9.17) is 5.10 Å². The first-order valence-electron chi connectivity index (χ1n) is 10.4. The molecule has 1 N–H and O–H groups in total. The van der Waals surface area contributed by atoms with Gasteiger partial charge in [-0.1, -0.05) is 51.1 Å². The van der Waals surface area contributed by atoms with Crippen LogP contribution in [0.2, 0.25) is 0 Å². The number of aromatic nitrogens is 4. The Morgan fingerprint density at radius 3 is 2.62 bits per heavy atom. The van der Waals surface area contributed by atoms with Gasteiger partial charge in [0.25, 0.3) is 0 Å². The van der Waals surface area contributed by atoms with E-state index in [1.165, 1.54) is 16.8 Å². The second-order valence-electron chi connectivity index (χ2n) is 9.02. The van der Waals surface area contributed by atoms with Crippen LogP contribution in [0.4, 0.5) is 0 Å². The van der Waals surface area contributed by atoms with Crippen molar-refractivity contribution in [2.45, 2.75) is 45.3 Å². The molecule has 1 aliphatic rings. The topological polar surface area (TPSA) is 50.9 Å². The predicted octanol–water partition coefficient (Wildman–Crippen LogP) is 3.11. The van der Waals surface area contributed by atoms with Crippen molar-refractivity contribution in [3.8, 4) is 0 Å². The van der Waals surface area contributed by atoms with Crippen LogP contribution in [0.25, 0.3) is 0 Å². The fraction of sp³-hybridized carbons (Fsp3) is 0.478. The average molecular weight is 393 g/mol. The Hall–Kier alpha value is -2.44. The van der Waals surface area contributed by atoms with Gasteiger partial charge in [0.2, 0.25) is 0 Å². The zero-order chi connectivity index (χ0) is 20.4. The molecule has 154 valence electrons. The Balaban J connectivity index is 1.61. The summed E-state index contributed by atoms with van der Waals surface area (Å²) in [6.45, 7) is 11.4. The quantitative estimate of drug-likeness (QED) is 0.725. The normalized spacial score (nSPS) is 18.3. The monoisotopic (exact) mass is 392 g/mol. The first-order valence-corrected chi connectivity index (χ1v) is 10.4. The Bertz CT molecular complexity index is 934. The van der Waals surface area contributed by atoms with Crippen molar-refractivity contribution in [3.63, 3.8) is 0 Å². The minimum absolute atomic E-state index is 0.00400. The summed E-state index contributed by atoms with van der Waals surface area (Å²) in [6.07, 6.45) is 6.16. The molecule has 6 nitrogen and oxygen atoms in total. The predicted molar refractivity (Wildman–Crippen MR) is 116 cm³/mol. The second kappa shape index (κ2) is 8.13. The third kappa shape index (κ3) is 4.43. The number of benzene rings is 1. The number of hydrogen-bond acceptors (Lipinski definition) is 4. The Labute approximate surface area is 173 Å². The number of imidazole rings is 1. The minimum Gasteiger partial charge on any atom is -0.337 e. The maximum absolute atomic E-state index is 5.00. The molecule has 1 saturated heterocycles. The summed E-state index contributed by atoms with van der Waals surface area (Å²) in [4.78, 5) is 7.16. The highest BCUT2D eigenvalue weighted by atomic mass is 15.3. The van der Waals surface area contributed by atoms with E-state index in [1.807, 2.05) is 12.4 Å². The van der Waals surface area contributed by atoms with Crippen molar-refractivity contribution >= 4 is 0 Å². The van der Waals surface area contributed by atoms with Crippen LogP contribution < -0.4 is 5.32 Å². The number of hydrogen-bond donors (Lipinski definition) is 1. The van der Waals surface area contributed by atoms with E-state index in [-0.39, 0.29) is 11.5 Å². The van der Waals surface area contributed by atoms with E-state index < -0.39 is 0 Å². The minimum atomic E-state index is 0.00400. The summed E-state index contributed by atoms with van der Waals surface area (Å²) in [5, 5.41) is 8.53. The van der Waals surface area contributed by atoms with Gasteiger partial charge in [-0.05, 0) is 5.56 Å². The van der Waals surface area contributed by atoms with Gasteiger partial charge in [0, 0.05) is 62.8 Å². The first kappa shape index (κ1) is 19.9. The lowest BCUT2D eigenvalue weighted by atomic mass is 9.89. The summed E-state index contributed by atoms with van der Waals surface area (Å²) in [6, 6.07) is 10.8. The highest BCUT2D eigenvalue weighted by Gasteiger charge is 2.30. The van der Waals surface area contributed by atoms with Crippen LogP contribution in [0.5, 0.6) is 0 Å². The molecule has 4 rings (SSSR count). The van der Waals surface area contributed by atoms with Gasteiger partial charge >= 0.3 is 0 Å². The largest absolute Gasteiger partial charge is 0.337 e. The van der Waals surface area contributed by atoms with E-state index in [1.54, 1.807) is 0 Å². The molecule has 0 saturated carbocycles. The molecule has 1 aromatic carbocycles. The Kier molecular flexibility index (Phi) is 5.56. The van der Waals surface area contributed by atoms with Crippen molar-refractivity contribution in [3.05, 3.63) is 71.6 Å². The van der Waals surface area contributed by atoms with E-state index in [0.717, 1.165) is 38.5 Å². The van der Waals surface area contributed by atoms with Crippen molar-refractivity contribution in [2.24, 2.45) is 7.05 Å². The van der Waals surface area contributed by atoms with E-state index in [0.29, 0.717) is 0 Å². The standard InChI is InChI=1S/C23H32N6/c1-23(2,3)21-19(17-29(26-21)15-18-8-6-5-7-9-18)16-28-13-10-24-14-20(28)22-25-11-12-27(22)4/h5-9,11-12,17,20,24H,10,13-16H2,1-4H3. The molecule has 2 aromatic heterocycles. The third-order valence-electron chi connectivity index (χ3n) is 5.62. The van der Waals surface area contributed by atoms with Crippen molar-refractivity contribution < 1.29 is 0 Å². The van der Waals surface area contributed by atoms with Gasteiger partial charge in [-0.3, -0.25) is 9.58 Å². The lowest BCUT2D eigenvalue weighted by Gasteiger charge is -2.36. The number of nitrogens with one attached hydrogen (secondary N) is 1. The summed E-state index contributed by atoms with van der Waals surface area (Å²) in [5.41, 5.74) is 3.78. The molecule has 0 bridgehead atoms. The fourth-order valence-corrected chi connectivity index (χ4v) is 4.17. The van der Waals surface area contributed by atoms with E-state index >= 15 is 0 Å². The van der Waals surface area contributed by atoms with Crippen LogP contribution in [0.3, 0.4) is 0 Å². The SMILES string of the molecule is Cn1ccnc1C1CNCCN1Cc1cn(Cc2ccccc2)nc1C(C)(C)C. The number of rotatable bonds is 5. The molecule has 3 heterocycles. The van der Waals surface area contributed by atoms with Crippen LogP contribution in [-0.2, 0) is 25.6 Å². The lowest BCUT2D eigenvalue weighted by molar-refractivity contribution is 0.144. The van der Waals surface area contributed by atoms with Gasteiger partial charge < -0.3 is 9.88 Å². The van der Waals surface area contributed by atoms with Crippen molar-refractivity contribution in [1.29, 1.82) is 0 Å². The molecule has 0 amide bonds. The summed E-state index contributed by atoms with van der Waals surface area (Å²) in [7, 11) is 2.08. The summed E-state index contributed by atoms with van der Waals surface area (Å²) < 4.78 is 4.23. The highest BCUT2D eigenvalue weighted by Crippen LogP contribution is 2.29. The maximum atomic E-state index is 5.00. The van der Waals surface area contributed by atoms with Crippen LogP contribution in [-0.4, -0.2) is 43.9 Å². The zero-order valence-corrected chi connectivity index (χ0v) is 18.0. The van der Waals surface area contributed by atoms with Gasteiger partial charge in [0.15, 0.2) is 0 Å². The fourth-order valence-electron chi connectivity index (χ4n) is 4.17. The van der Waals surface area contributed by atoms with Gasteiger partial charge in [0.05, 0.1) is 18.3 Å². The maximum Gasteiger partial charge on any atom is 0.127 e. The van der Waals surface area contributed by atoms with Gasteiger partial charge in [-0.2, -0.15) is 5.10 Å². The third-order valence-corrected chi connectivity index (χ3v) is 5.62. The molecule has 6 heteroatoms. The second-order valence-corrected chi connectivity index (χ2v) is 9.02. The number of piperazine rings is 1. The summed E-state index contributed by atoms with van der Waals surface area (Å²) in [5.74, 6) is 1.12. The van der Waals surface area contributed by atoms with Crippen molar-refractivity contribution in [2.75, 3.05) is 19.6 Å². The number of nitrogens with zero attached hydrogens (tertiary/aromatic N) is 5. The Morgan fingerprint density at radius 2 is 1.93 bits per heavy atom.